The third-order valence-electron chi connectivity index (χ3n) is 2.23. The van der Waals surface area contributed by atoms with Crippen molar-refractivity contribution in [2.75, 3.05) is 0 Å². The molecule has 1 saturated carbocycles. The van der Waals surface area contributed by atoms with Crippen LogP contribution in [0.4, 0.5) is 0 Å². The molecule has 0 N–H and O–H groups in total. The van der Waals surface area contributed by atoms with E-state index >= 15 is 0 Å². The van der Waals surface area contributed by atoms with E-state index in [4.69, 9.17) is 6.42 Å². The summed E-state index contributed by atoms with van der Waals surface area (Å²) in [4.78, 5) is 11.9. The van der Waals surface area contributed by atoms with Gasteiger partial charge in [0.05, 0.1) is 0 Å². The first kappa shape index (κ1) is 8.13. The van der Waals surface area contributed by atoms with E-state index in [2.05, 4.69) is 6.04 Å². The molecule has 60 valence electrons. The topological polar surface area (TPSA) is 20.3 Å². The fourth-order valence-electron chi connectivity index (χ4n) is 1.58. The van der Waals surface area contributed by atoms with Crippen molar-refractivity contribution in [1.29, 1.82) is 0 Å². The minimum Gasteiger partial charge on any atom is -0.278 e. The highest BCUT2D eigenvalue weighted by molar-refractivity contribution is 5.51. The molecule has 1 fully saturated rings. The summed E-state index contributed by atoms with van der Waals surface area (Å²) in [7, 11) is 0. The predicted octanol–water partition coefficient (Wildman–Crippen LogP) is 1.37. The number of carbonyl (C=O) groups is 1. The Morgan fingerprint density at radius 3 is 2.45 bits per heavy atom. The highest BCUT2D eigenvalue weighted by Crippen LogP contribution is 2.20. The van der Waals surface area contributed by atoms with Crippen molar-refractivity contribution >= 4 is 6.41 Å². The van der Waals surface area contributed by atoms with Crippen LogP contribution in [0.25, 0.3) is 0 Å². The van der Waals surface area contributed by atoms with E-state index in [1.165, 1.54) is 24.2 Å². The van der Waals surface area contributed by atoms with Crippen molar-refractivity contribution in [3.05, 3.63) is 0 Å². The van der Waals surface area contributed by atoms with Crippen molar-refractivity contribution in [2.45, 2.75) is 38.1 Å². The van der Waals surface area contributed by atoms with Crippen LogP contribution in [0.2, 0.25) is 0 Å². The third kappa shape index (κ3) is 1.98. The lowest BCUT2D eigenvalue weighted by molar-refractivity contribution is -0.117. The van der Waals surface area contributed by atoms with Crippen LogP contribution in [0.15, 0.2) is 0 Å². The zero-order valence-corrected chi connectivity index (χ0v) is 6.62. The molecule has 0 unspecified atom stereocenters. The normalized spacial score (nSPS) is 18.8. The van der Waals surface area contributed by atoms with Gasteiger partial charge >= 0.3 is 0 Å². The standard InChI is InChI=1S/C9H13NO/c1-2-10(8-11)9-6-4-3-5-7-9/h1,8-9H,3-7H2. The van der Waals surface area contributed by atoms with E-state index in [1.54, 1.807) is 0 Å². The van der Waals surface area contributed by atoms with Crippen molar-refractivity contribution < 1.29 is 4.79 Å². The number of amides is 1. The van der Waals surface area contributed by atoms with Gasteiger partial charge in [-0.15, -0.1) is 0 Å². The number of rotatable bonds is 2. The maximum Gasteiger partial charge on any atom is 0.221 e. The summed E-state index contributed by atoms with van der Waals surface area (Å²) >= 11 is 0. The second kappa shape index (κ2) is 4.02. The maximum atomic E-state index is 10.4. The quantitative estimate of drug-likeness (QED) is 0.331. The Bertz CT molecular complexity index is 165. The number of nitrogens with zero attached hydrogens (tertiary/aromatic N) is 1. The molecule has 1 aliphatic rings. The molecule has 0 radical (unpaired) electrons. The molecule has 0 saturated heterocycles. The monoisotopic (exact) mass is 151 g/mol. The van der Waals surface area contributed by atoms with Gasteiger partial charge < -0.3 is 0 Å². The van der Waals surface area contributed by atoms with Gasteiger partial charge in [-0.05, 0) is 12.8 Å². The Hall–Kier alpha value is -0.970. The fraction of sp³-hybridized carbons (Fsp3) is 0.667. The van der Waals surface area contributed by atoms with Gasteiger partial charge in [-0.3, -0.25) is 9.69 Å². The van der Waals surface area contributed by atoms with Gasteiger partial charge in [-0.25, -0.2) is 0 Å². The van der Waals surface area contributed by atoms with Crippen LogP contribution in [-0.2, 0) is 4.79 Å². The van der Waals surface area contributed by atoms with Crippen molar-refractivity contribution in [3.63, 3.8) is 0 Å². The van der Waals surface area contributed by atoms with Gasteiger partial charge in [0.1, 0.15) is 0 Å². The zero-order chi connectivity index (χ0) is 8.10. The Morgan fingerprint density at radius 2 is 2.00 bits per heavy atom. The summed E-state index contributed by atoms with van der Waals surface area (Å²) < 4.78 is 0. The number of hydrogen-bond acceptors (Lipinski definition) is 1. The molecule has 0 aliphatic heterocycles. The summed E-state index contributed by atoms with van der Waals surface area (Å²) in [5, 5.41) is 0. The molecule has 0 atom stereocenters. The lowest BCUT2D eigenvalue weighted by Crippen LogP contribution is -2.31. The second-order valence-corrected chi connectivity index (χ2v) is 2.93. The van der Waals surface area contributed by atoms with E-state index in [0.29, 0.717) is 6.04 Å². The molecule has 0 bridgehead atoms. The van der Waals surface area contributed by atoms with Crippen molar-refractivity contribution in [2.24, 2.45) is 0 Å². The molecule has 1 aliphatic carbocycles. The van der Waals surface area contributed by atoms with Crippen molar-refractivity contribution in [3.8, 4) is 12.5 Å². The molecule has 2 heteroatoms. The van der Waals surface area contributed by atoms with Crippen LogP contribution in [0.3, 0.4) is 0 Å². The Balaban J connectivity index is 2.44. The van der Waals surface area contributed by atoms with Crippen LogP contribution < -0.4 is 0 Å². The smallest absolute Gasteiger partial charge is 0.221 e. The fourth-order valence-corrected chi connectivity index (χ4v) is 1.58. The van der Waals surface area contributed by atoms with Crippen LogP contribution in [0.5, 0.6) is 0 Å². The molecular formula is C9H13NO. The van der Waals surface area contributed by atoms with Crippen LogP contribution in [0, 0.1) is 12.5 Å². The Labute approximate surface area is 67.6 Å². The molecule has 1 rings (SSSR count). The number of carbonyl (C=O) groups excluding carboxylic acids is 1. The molecule has 2 nitrogen and oxygen atoms in total. The molecular weight excluding hydrogens is 138 g/mol. The van der Waals surface area contributed by atoms with Crippen LogP contribution >= 0.6 is 0 Å². The van der Waals surface area contributed by atoms with Crippen molar-refractivity contribution in [1.82, 2.24) is 4.90 Å². The largest absolute Gasteiger partial charge is 0.278 e. The molecule has 0 aromatic rings. The lowest BCUT2D eigenvalue weighted by Gasteiger charge is -2.26. The molecule has 0 aromatic carbocycles. The lowest BCUT2D eigenvalue weighted by atomic mass is 9.95. The molecule has 0 spiro atoms. The molecule has 1 amide bonds. The Kier molecular flexibility index (Phi) is 2.97. The van der Waals surface area contributed by atoms with Gasteiger partial charge in [0, 0.05) is 12.1 Å². The van der Waals surface area contributed by atoms with Gasteiger partial charge in [0.15, 0.2) is 0 Å². The average molecular weight is 151 g/mol. The summed E-state index contributed by atoms with van der Waals surface area (Å²) in [6.07, 6.45) is 11.8. The van der Waals surface area contributed by atoms with E-state index in [9.17, 15) is 4.79 Å². The minimum absolute atomic E-state index is 0.311. The first-order chi connectivity index (χ1) is 5.38. The van der Waals surface area contributed by atoms with Crippen LogP contribution in [0.1, 0.15) is 32.1 Å². The SMILES string of the molecule is C#CN(C=O)C1CCCCC1. The number of hydrogen-bond donors (Lipinski definition) is 0. The summed E-state index contributed by atoms with van der Waals surface area (Å²) in [6, 6.07) is 2.70. The summed E-state index contributed by atoms with van der Waals surface area (Å²) in [5.74, 6) is 0. The maximum absolute atomic E-state index is 10.4. The zero-order valence-electron chi connectivity index (χ0n) is 6.62. The second-order valence-electron chi connectivity index (χ2n) is 2.93. The van der Waals surface area contributed by atoms with Gasteiger partial charge in [-0.1, -0.05) is 25.7 Å². The summed E-state index contributed by atoms with van der Waals surface area (Å²) in [6.45, 7) is 0. The van der Waals surface area contributed by atoms with E-state index < -0.39 is 0 Å². The van der Waals surface area contributed by atoms with E-state index in [-0.39, 0.29) is 0 Å². The first-order valence-electron chi connectivity index (χ1n) is 4.08. The summed E-state index contributed by atoms with van der Waals surface area (Å²) in [5.41, 5.74) is 0. The predicted molar refractivity (Wildman–Crippen MR) is 43.6 cm³/mol. The minimum atomic E-state index is 0.311. The van der Waals surface area contributed by atoms with Crippen LogP contribution in [-0.4, -0.2) is 17.4 Å². The van der Waals surface area contributed by atoms with Gasteiger partial charge in [0.2, 0.25) is 6.41 Å². The average Bonchev–Trinajstić information content (AvgIpc) is 2.09. The van der Waals surface area contributed by atoms with Gasteiger partial charge in [-0.2, -0.15) is 0 Å². The highest BCUT2D eigenvalue weighted by Gasteiger charge is 2.17. The number of terminal acetylenes is 1. The first-order valence-corrected chi connectivity index (χ1v) is 4.08. The molecule has 0 aromatic heterocycles. The highest BCUT2D eigenvalue weighted by atomic mass is 16.1. The Morgan fingerprint density at radius 1 is 1.36 bits per heavy atom. The molecule has 0 heterocycles. The molecule has 11 heavy (non-hydrogen) atoms. The van der Waals surface area contributed by atoms with E-state index in [0.717, 1.165) is 19.3 Å². The third-order valence-corrected chi connectivity index (χ3v) is 2.23. The van der Waals surface area contributed by atoms with E-state index in [1.807, 2.05) is 0 Å². The van der Waals surface area contributed by atoms with Gasteiger partial charge in [0.25, 0.3) is 0 Å².